The summed E-state index contributed by atoms with van der Waals surface area (Å²) in [5, 5.41) is 0. The molecule has 2 fully saturated rings. The molecule has 1 N–H and O–H groups in total. The van der Waals surface area contributed by atoms with Crippen LogP contribution in [0.5, 0.6) is 0 Å². The Kier molecular flexibility index (Phi) is 3.98. The quantitative estimate of drug-likeness (QED) is 0.497. The van der Waals surface area contributed by atoms with Crippen molar-refractivity contribution in [3.05, 3.63) is 64.8 Å². The minimum Gasteiger partial charge on any atom is -0.344 e. The molecule has 2 aliphatic carbocycles. The standard InChI is InChI=1S/C25H26N4O/c1-16-3-2-4-19(11-16)23-24(27-15-26-23)20-9-10-21-22(12-20)29(14-18-7-8-18)25(30)28(21)13-17-5-6-17/h2-4,9-12,15,17-18H,5-8,13-14H2,1H3,(H,26,27). The zero-order chi connectivity index (χ0) is 20.2. The second-order valence-corrected chi connectivity index (χ2v) is 9.09. The number of aryl methyl sites for hydroxylation is 1. The van der Waals surface area contributed by atoms with E-state index in [0.29, 0.717) is 11.8 Å². The van der Waals surface area contributed by atoms with E-state index in [0.717, 1.165) is 46.6 Å². The molecule has 2 heterocycles. The van der Waals surface area contributed by atoms with Crippen LogP contribution < -0.4 is 5.69 Å². The van der Waals surface area contributed by atoms with Gasteiger partial charge in [0.05, 0.1) is 28.7 Å². The minimum absolute atomic E-state index is 0.157. The fraction of sp³-hybridized carbons (Fsp3) is 0.360. The predicted molar refractivity (Wildman–Crippen MR) is 119 cm³/mol. The molecule has 0 spiro atoms. The van der Waals surface area contributed by atoms with Crippen LogP contribution in [0.1, 0.15) is 31.2 Å². The number of aromatic nitrogens is 4. The van der Waals surface area contributed by atoms with Gasteiger partial charge in [-0.2, -0.15) is 0 Å². The zero-order valence-electron chi connectivity index (χ0n) is 17.3. The first-order valence-electron chi connectivity index (χ1n) is 11.0. The lowest BCUT2D eigenvalue weighted by Crippen LogP contribution is -2.25. The third-order valence-corrected chi connectivity index (χ3v) is 6.51. The summed E-state index contributed by atoms with van der Waals surface area (Å²) in [6, 6.07) is 14.8. The molecule has 2 aromatic carbocycles. The summed E-state index contributed by atoms with van der Waals surface area (Å²) in [5.74, 6) is 1.32. The molecule has 0 amide bonds. The van der Waals surface area contributed by atoms with E-state index in [2.05, 4.69) is 59.4 Å². The largest absolute Gasteiger partial charge is 0.344 e. The topological polar surface area (TPSA) is 55.6 Å². The lowest BCUT2D eigenvalue weighted by molar-refractivity contribution is 0.565. The molecule has 5 heteroatoms. The number of nitrogens with zero attached hydrogens (tertiary/aromatic N) is 3. The fourth-order valence-electron chi connectivity index (χ4n) is 4.47. The van der Waals surface area contributed by atoms with Gasteiger partial charge in [-0.15, -0.1) is 0 Å². The van der Waals surface area contributed by atoms with Gasteiger partial charge in [0, 0.05) is 24.2 Å². The van der Waals surface area contributed by atoms with E-state index in [-0.39, 0.29) is 5.69 Å². The number of fused-ring (bicyclic) bond motifs is 1. The molecule has 30 heavy (non-hydrogen) atoms. The van der Waals surface area contributed by atoms with E-state index in [4.69, 9.17) is 0 Å². The average molecular weight is 399 g/mol. The van der Waals surface area contributed by atoms with Crippen LogP contribution in [0.2, 0.25) is 0 Å². The van der Waals surface area contributed by atoms with Gasteiger partial charge in [-0.3, -0.25) is 9.13 Å². The fourth-order valence-corrected chi connectivity index (χ4v) is 4.47. The Morgan fingerprint density at radius 1 is 0.933 bits per heavy atom. The van der Waals surface area contributed by atoms with E-state index in [1.165, 1.54) is 31.2 Å². The van der Waals surface area contributed by atoms with E-state index >= 15 is 0 Å². The van der Waals surface area contributed by atoms with Crippen molar-refractivity contribution in [1.29, 1.82) is 0 Å². The Hall–Kier alpha value is -3.08. The van der Waals surface area contributed by atoms with Crippen LogP contribution >= 0.6 is 0 Å². The Bertz CT molecular complexity index is 1300. The van der Waals surface area contributed by atoms with Crippen LogP contribution in [0.15, 0.2) is 53.6 Å². The highest BCUT2D eigenvalue weighted by Crippen LogP contribution is 2.35. The molecular weight excluding hydrogens is 372 g/mol. The molecule has 6 rings (SSSR count). The summed E-state index contributed by atoms with van der Waals surface area (Å²) < 4.78 is 4.02. The number of aromatic amines is 1. The molecule has 0 bridgehead atoms. The minimum atomic E-state index is 0.157. The van der Waals surface area contributed by atoms with E-state index in [1.807, 2.05) is 9.13 Å². The second kappa shape index (κ2) is 6.73. The molecule has 2 saturated carbocycles. The third kappa shape index (κ3) is 3.09. The lowest BCUT2D eigenvalue weighted by atomic mass is 10.0. The molecule has 4 aromatic rings. The van der Waals surface area contributed by atoms with Crippen LogP contribution in [0, 0.1) is 18.8 Å². The highest BCUT2D eigenvalue weighted by Gasteiger charge is 2.28. The first-order valence-corrected chi connectivity index (χ1v) is 11.0. The van der Waals surface area contributed by atoms with Crippen LogP contribution in [-0.4, -0.2) is 19.1 Å². The molecule has 0 radical (unpaired) electrons. The van der Waals surface area contributed by atoms with E-state index in [1.54, 1.807) is 6.33 Å². The first kappa shape index (κ1) is 17.8. The molecule has 2 aliphatic rings. The summed E-state index contributed by atoms with van der Waals surface area (Å²) in [6.07, 6.45) is 6.72. The summed E-state index contributed by atoms with van der Waals surface area (Å²) in [4.78, 5) is 21.2. The molecule has 0 unspecified atom stereocenters. The maximum absolute atomic E-state index is 13.2. The molecule has 0 aliphatic heterocycles. The molecule has 5 nitrogen and oxygen atoms in total. The van der Waals surface area contributed by atoms with Gasteiger partial charge in [-0.05, 0) is 62.6 Å². The normalized spacial score (nSPS) is 16.4. The number of nitrogens with one attached hydrogen (secondary N) is 1. The van der Waals surface area contributed by atoms with Crippen LogP contribution in [0.25, 0.3) is 33.5 Å². The van der Waals surface area contributed by atoms with Crippen molar-refractivity contribution in [2.24, 2.45) is 11.8 Å². The van der Waals surface area contributed by atoms with E-state index in [9.17, 15) is 4.79 Å². The average Bonchev–Trinajstić information content (AvgIpc) is 3.67. The Balaban J connectivity index is 1.49. The van der Waals surface area contributed by atoms with Gasteiger partial charge in [-0.25, -0.2) is 9.78 Å². The maximum atomic E-state index is 13.2. The van der Waals surface area contributed by atoms with Crippen LogP contribution in [0.3, 0.4) is 0 Å². The Morgan fingerprint density at radius 3 is 2.37 bits per heavy atom. The third-order valence-electron chi connectivity index (χ3n) is 6.51. The number of H-pyrrole nitrogens is 1. The maximum Gasteiger partial charge on any atom is 0.329 e. The molecule has 2 aromatic heterocycles. The van der Waals surface area contributed by atoms with Crippen LogP contribution in [0.4, 0.5) is 0 Å². The highest BCUT2D eigenvalue weighted by atomic mass is 16.1. The van der Waals surface area contributed by atoms with E-state index < -0.39 is 0 Å². The van der Waals surface area contributed by atoms with Crippen molar-refractivity contribution < 1.29 is 0 Å². The van der Waals surface area contributed by atoms with Gasteiger partial charge in [0.1, 0.15) is 0 Å². The second-order valence-electron chi connectivity index (χ2n) is 9.09. The SMILES string of the molecule is Cc1cccc(-c2nc[nH]c2-c2ccc3c(c2)n(CC2CC2)c(=O)n3CC2CC2)c1. The highest BCUT2D eigenvalue weighted by molar-refractivity contribution is 5.86. The lowest BCUT2D eigenvalue weighted by Gasteiger charge is -2.07. The Morgan fingerprint density at radius 2 is 1.67 bits per heavy atom. The number of hydrogen-bond donors (Lipinski definition) is 1. The summed E-state index contributed by atoms with van der Waals surface area (Å²) in [6.45, 7) is 3.79. The molecule has 152 valence electrons. The number of benzene rings is 2. The van der Waals surface area contributed by atoms with Gasteiger partial charge in [0.2, 0.25) is 0 Å². The molecule has 0 atom stereocenters. The van der Waals surface area contributed by atoms with Gasteiger partial charge in [0.15, 0.2) is 0 Å². The van der Waals surface area contributed by atoms with Crippen molar-refractivity contribution in [2.45, 2.75) is 45.7 Å². The molecule has 0 saturated heterocycles. The van der Waals surface area contributed by atoms with Gasteiger partial charge >= 0.3 is 5.69 Å². The van der Waals surface area contributed by atoms with Crippen molar-refractivity contribution in [3.63, 3.8) is 0 Å². The summed E-state index contributed by atoms with van der Waals surface area (Å²) >= 11 is 0. The Labute approximate surface area is 175 Å². The van der Waals surface area contributed by atoms with Gasteiger partial charge < -0.3 is 4.98 Å². The number of hydrogen-bond acceptors (Lipinski definition) is 2. The van der Waals surface area contributed by atoms with Crippen molar-refractivity contribution in [1.82, 2.24) is 19.1 Å². The monoisotopic (exact) mass is 398 g/mol. The van der Waals surface area contributed by atoms with Gasteiger partial charge in [-0.1, -0.05) is 29.8 Å². The molecular formula is C25H26N4O. The van der Waals surface area contributed by atoms with Crippen LogP contribution in [-0.2, 0) is 13.1 Å². The van der Waals surface area contributed by atoms with Crippen molar-refractivity contribution in [3.8, 4) is 22.5 Å². The first-order chi connectivity index (χ1) is 14.7. The number of imidazole rings is 2. The van der Waals surface area contributed by atoms with Crippen molar-refractivity contribution in [2.75, 3.05) is 0 Å². The smallest absolute Gasteiger partial charge is 0.329 e. The zero-order valence-corrected chi connectivity index (χ0v) is 17.3. The number of rotatable bonds is 6. The van der Waals surface area contributed by atoms with Gasteiger partial charge in [0.25, 0.3) is 0 Å². The summed E-state index contributed by atoms with van der Waals surface area (Å²) in [5.41, 5.74) is 7.62. The summed E-state index contributed by atoms with van der Waals surface area (Å²) in [7, 11) is 0. The van der Waals surface area contributed by atoms with Crippen molar-refractivity contribution >= 4 is 11.0 Å². The predicted octanol–water partition coefficient (Wildman–Crippen LogP) is 4.99.